The Morgan fingerprint density at radius 2 is 2.04 bits per heavy atom. The van der Waals surface area contributed by atoms with Crippen LogP contribution in [0.1, 0.15) is 15.9 Å². The monoisotopic (exact) mass is 391 g/mol. The number of rotatable bonds is 6. The van der Waals surface area contributed by atoms with Gasteiger partial charge in [-0.1, -0.05) is 46.8 Å². The van der Waals surface area contributed by atoms with Crippen LogP contribution < -0.4 is 10.1 Å². The van der Waals surface area contributed by atoms with Crippen molar-refractivity contribution in [3.05, 3.63) is 64.7 Å². The minimum atomic E-state index is -0.239. The van der Waals surface area contributed by atoms with Crippen LogP contribution in [0, 0.1) is 0 Å². The topological polar surface area (TPSA) is 64.1 Å². The molecule has 0 atom stereocenters. The molecule has 0 fully saturated rings. The Morgan fingerprint density at radius 3 is 2.80 bits per heavy atom. The lowest BCUT2D eigenvalue weighted by Gasteiger charge is -2.02. The van der Waals surface area contributed by atoms with E-state index in [-0.39, 0.29) is 5.91 Å². The van der Waals surface area contributed by atoms with Crippen LogP contribution in [0.15, 0.2) is 52.9 Å². The Hall–Kier alpha value is -2.09. The molecule has 2 aromatic carbocycles. The quantitative estimate of drug-likeness (QED) is 0.485. The van der Waals surface area contributed by atoms with Crippen LogP contribution in [0.4, 0.5) is 5.13 Å². The van der Waals surface area contributed by atoms with Crippen molar-refractivity contribution in [1.29, 1.82) is 0 Å². The standard InChI is InChI=1S/C17H14ClN3O2S2/c1-23-14-4-2-3-11(9-14)10-24-17-21-20-16(25-17)19-15(22)12-5-7-13(18)8-6-12/h2-9H,10H2,1H3,(H,19,20,22). The first-order chi connectivity index (χ1) is 12.1. The van der Waals surface area contributed by atoms with Crippen molar-refractivity contribution in [2.24, 2.45) is 0 Å². The van der Waals surface area contributed by atoms with E-state index in [0.717, 1.165) is 21.4 Å². The summed E-state index contributed by atoms with van der Waals surface area (Å²) in [5.74, 6) is 1.33. The second-order valence-corrected chi connectivity index (χ2v) is 7.61. The highest BCUT2D eigenvalue weighted by molar-refractivity contribution is 8.00. The zero-order valence-corrected chi connectivity index (χ0v) is 15.6. The normalized spacial score (nSPS) is 10.5. The van der Waals surface area contributed by atoms with E-state index in [1.807, 2.05) is 24.3 Å². The molecule has 128 valence electrons. The summed E-state index contributed by atoms with van der Waals surface area (Å²) in [6.07, 6.45) is 0. The Morgan fingerprint density at radius 1 is 1.24 bits per heavy atom. The van der Waals surface area contributed by atoms with E-state index in [4.69, 9.17) is 16.3 Å². The zero-order valence-electron chi connectivity index (χ0n) is 13.2. The number of hydrogen-bond acceptors (Lipinski definition) is 6. The van der Waals surface area contributed by atoms with E-state index < -0.39 is 0 Å². The summed E-state index contributed by atoms with van der Waals surface area (Å²) < 4.78 is 6.00. The van der Waals surface area contributed by atoms with Gasteiger partial charge in [-0.2, -0.15) is 0 Å². The predicted octanol–water partition coefficient (Wildman–Crippen LogP) is 4.74. The molecule has 1 aromatic heterocycles. The lowest BCUT2D eigenvalue weighted by molar-refractivity contribution is 0.102. The first-order valence-electron chi connectivity index (χ1n) is 7.30. The Balaban J connectivity index is 1.58. The maximum absolute atomic E-state index is 12.1. The molecular weight excluding hydrogens is 378 g/mol. The third kappa shape index (κ3) is 4.94. The van der Waals surface area contributed by atoms with Gasteiger partial charge in [0.05, 0.1) is 7.11 Å². The number of carbonyl (C=O) groups is 1. The van der Waals surface area contributed by atoms with E-state index in [1.165, 1.54) is 11.3 Å². The molecule has 0 saturated carbocycles. The number of anilines is 1. The summed E-state index contributed by atoms with van der Waals surface area (Å²) in [5.41, 5.74) is 1.65. The van der Waals surface area contributed by atoms with Crippen LogP contribution in [0.2, 0.25) is 5.02 Å². The minimum absolute atomic E-state index is 0.239. The van der Waals surface area contributed by atoms with E-state index in [0.29, 0.717) is 15.7 Å². The smallest absolute Gasteiger partial charge is 0.257 e. The molecule has 1 N–H and O–H groups in total. The van der Waals surface area contributed by atoms with Crippen LogP contribution in [0.5, 0.6) is 5.75 Å². The summed E-state index contributed by atoms with van der Waals surface area (Å²) in [5, 5.41) is 11.9. The van der Waals surface area contributed by atoms with Gasteiger partial charge < -0.3 is 4.74 Å². The Bertz CT molecular complexity index is 868. The van der Waals surface area contributed by atoms with Crippen molar-refractivity contribution in [1.82, 2.24) is 10.2 Å². The molecule has 0 aliphatic rings. The molecule has 0 spiro atoms. The van der Waals surface area contributed by atoms with Gasteiger partial charge in [0.1, 0.15) is 5.75 Å². The number of methoxy groups -OCH3 is 1. The van der Waals surface area contributed by atoms with Gasteiger partial charge in [-0.25, -0.2) is 0 Å². The molecule has 8 heteroatoms. The molecule has 0 aliphatic heterocycles. The maximum atomic E-state index is 12.1. The average molecular weight is 392 g/mol. The van der Waals surface area contributed by atoms with Crippen LogP contribution in [-0.2, 0) is 5.75 Å². The van der Waals surface area contributed by atoms with E-state index in [1.54, 1.807) is 43.1 Å². The lowest BCUT2D eigenvalue weighted by atomic mass is 10.2. The van der Waals surface area contributed by atoms with E-state index >= 15 is 0 Å². The second kappa shape index (κ2) is 8.33. The Labute approximate surface area is 158 Å². The highest BCUT2D eigenvalue weighted by Crippen LogP contribution is 2.29. The molecular formula is C17H14ClN3O2S2. The third-order valence-corrected chi connectivity index (χ3v) is 5.52. The van der Waals surface area contributed by atoms with Crippen LogP contribution in [0.3, 0.4) is 0 Å². The third-order valence-electron chi connectivity index (χ3n) is 3.23. The first-order valence-corrected chi connectivity index (χ1v) is 9.48. The number of aromatic nitrogens is 2. The van der Waals surface area contributed by atoms with Gasteiger partial charge in [-0.05, 0) is 42.0 Å². The number of thioether (sulfide) groups is 1. The number of benzene rings is 2. The van der Waals surface area contributed by atoms with Gasteiger partial charge in [-0.3, -0.25) is 10.1 Å². The van der Waals surface area contributed by atoms with Crippen LogP contribution in [0.25, 0.3) is 0 Å². The fraction of sp³-hybridized carbons (Fsp3) is 0.118. The van der Waals surface area contributed by atoms with Gasteiger partial charge in [0.25, 0.3) is 5.91 Å². The number of amides is 1. The molecule has 0 bridgehead atoms. The number of nitrogens with one attached hydrogen (secondary N) is 1. The largest absolute Gasteiger partial charge is 0.497 e. The Kier molecular flexibility index (Phi) is 5.91. The van der Waals surface area contributed by atoms with E-state index in [9.17, 15) is 4.79 Å². The second-order valence-electron chi connectivity index (χ2n) is 4.97. The SMILES string of the molecule is COc1cccc(CSc2nnc(NC(=O)c3ccc(Cl)cc3)s2)c1. The fourth-order valence-corrected chi connectivity index (χ4v) is 3.81. The van der Waals surface area contributed by atoms with Crippen LogP contribution in [-0.4, -0.2) is 23.2 Å². The highest BCUT2D eigenvalue weighted by atomic mass is 35.5. The summed E-state index contributed by atoms with van der Waals surface area (Å²) in [6, 6.07) is 14.5. The molecule has 3 aromatic rings. The summed E-state index contributed by atoms with van der Waals surface area (Å²) in [6.45, 7) is 0. The maximum Gasteiger partial charge on any atom is 0.257 e. The fourth-order valence-electron chi connectivity index (χ4n) is 2.00. The summed E-state index contributed by atoms with van der Waals surface area (Å²) in [4.78, 5) is 12.1. The van der Waals surface area contributed by atoms with Gasteiger partial charge >= 0.3 is 0 Å². The number of hydrogen-bond donors (Lipinski definition) is 1. The first kappa shape index (κ1) is 17.7. The minimum Gasteiger partial charge on any atom is -0.497 e. The van der Waals surface area contributed by atoms with Crippen molar-refractivity contribution >= 4 is 45.7 Å². The zero-order chi connectivity index (χ0) is 17.6. The molecule has 0 unspecified atom stereocenters. The predicted molar refractivity (Wildman–Crippen MR) is 102 cm³/mol. The van der Waals surface area contributed by atoms with Gasteiger partial charge in [-0.15, -0.1) is 10.2 Å². The summed E-state index contributed by atoms with van der Waals surface area (Å²) >= 11 is 8.72. The van der Waals surface area contributed by atoms with Crippen molar-refractivity contribution in [2.45, 2.75) is 10.1 Å². The molecule has 0 radical (unpaired) electrons. The summed E-state index contributed by atoms with van der Waals surface area (Å²) in [7, 11) is 1.65. The molecule has 5 nitrogen and oxygen atoms in total. The molecule has 0 aliphatic carbocycles. The van der Waals surface area contributed by atoms with Crippen molar-refractivity contribution in [3.8, 4) is 5.75 Å². The van der Waals surface area contributed by atoms with Gasteiger partial charge in [0.2, 0.25) is 5.13 Å². The van der Waals surface area contributed by atoms with Gasteiger partial charge in [0.15, 0.2) is 4.34 Å². The number of carbonyl (C=O) groups excluding carboxylic acids is 1. The van der Waals surface area contributed by atoms with E-state index in [2.05, 4.69) is 15.5 Å². The highest BCUT2D eigenvalue weighted by Gasteiger charge is 2.11. The molecule has 1 amide bonds. The van der Waals surface area contributed by atoms with Crippen molar-refractivity contribution < 1.29 is 9.53 Å². The van der Waals surface area contributed by atoms with Crippen molar-refractivity contribution in [3.63, 3.8) is 0 Å². The molecule has 1 heterocycles. The molecule has 3 rings (SSSR count). The molecule has 0 saturated heterocycles. The number of ether oxygens (including phenoxy) is 1. The van der Waals surface area contributed by atoms with Crippen molar-refractivity contribution in [2.75, 3.05) is 12.4 Å². The lowest BCUT2D eigenvalue weighted by Crippen LogP contribution is -2.11. The van der Waals surface area contributed by atoms with Gasteiger partial charge in [0, 0.05) is 16.3 Å². The average Bonchev–Trinajstić information content (AvgIpc) is 3.08. The molecule has 25 heavy (non-hydrogen) atoms. The number of nitrogens with zero attached hydrogens (tertiary/aromatic N) is 2. The number of halogens is 1. The van der Waals surface area contributed by atoms with Crippen LogP contribution >= 0.6 is 34.7 Å².